The van der Waals surface area contributed by atoms with Crippen molar-refractivity contribution in [1.82, 2.24) is 0 Å². The molecule has 0 amide bonds. The summed E-state index contributed by atoms with van der Waals surface area (Å²) in [5.74, 6) is 2.06. The van der Waals surface area contributed by atoms with E-state index in [4.69, 9.17) is 0 Å². The molecule has 0 spiro atoms. The van der Waals surface area contributed by atoms with Gasteiger partial charge in [-0.1, -0.05) is 95.6 Å². The normalized spacial score (nSPS) is 19.3. The third kappa shape index (κ3) is 5.59. The van der Waals surface area contributed by atoms with Gasteiger partial charge in [-0.25, -0.2) is 0 Å². The summed E-state index contributed by atoms with van der Waals surface area (Å²) in [5, 5.41) is 0. The van der Waals surface area contributed by atoms with Crippen LogP contribution < -0.4 is 0 Å². The van der Waals surface area contributed by atoms with Crippen molar-refractivity contribution >= 4 is 94.1 Å². The van der Waals surface area contributed by atoms with Gasteiger partial charge < -0.3 is 0 Å². The van der Waals surface area contributed by atoms with Crippen molar-refractivity contribution in [1.29, 1.82) is 0 Å². The molecule has 0 aliphatic carbocycles. The Morgan fingerprint density at radius 2 is 0.903 bits per heavy atom. The first-order valence-corrected chi connectivity index (χ1v) is 17.3. The van der Waals surface area contributed by atoms with Crippen LogP contribution in [0.1, 0.15) is 22.3 Å². The van der Waals surface area contributed by atoms with Crippen molar-refractivity contribution in [2.24, 2.45) is 0 Å². The Kier molecular flexibility index (Phi) is 8.09. The summed E-state index contributed by atoms with van der Waals surface area (Å²) < 4.78 is 8.76. The van der Waals surface area contributed by atoms with Crippen molar-refractivity contribution < 1.29 is 0 Å². The van der Waals surface area contributed by atoms with Gasteiger partial charge >= 0.3 is 0 Å². The van der Waals surface area contributed by atoms with Gasteiger partial charge in [0.2, 0.25) is 0 Å². The molecular formula is C23H20S8. The third-order valence-electron chi connectivity index (χ3n) is 4.81. The zero-order valence-corrected chi connectivity index (χ0v) is 23.5. The van der Waals surface area contributed by atoms with Gasteiger partial charge in [-0.3, -0.25) is 0 Å². The first kappa shape index (κ1) is 23.2. The molecule has 7 rings (SSSR count). The molecule has 5 aliphatic rings. The Morgan fingerprint density at radius 3 is 1.29 bits per heavy atom. The lowest BCUT2D eigenvalue weighted by Crippen LogP contribution is -1.90. The Morgan fingerprint density at radius 1 is 0.516 bits per heavy atom. The fourth-order valence-electron chi connectivity index (χ4n) is 3.18. The molecule has 0 atom stereocenters. The fraction of sp³-hybridized carbons (Fsp3) is 0.217. The molecule has 0 N–H and O–H groups in total. The van der Waals surface area contributed by atoms with E-state index < -0.39 is 0 Å². The Labute approximate surface area is 218 Å². The van der Waals surface area contributed by atoms with Gasteiger partial charge in [-0.15, -0.1) is 47.0 Å². The highest BCUT2D eigenvalue weighted by Crippen LogP contribution is 2.66. The number of benzene rings is 2. The maximum Gasteiger partial charge on any atom is 0.0717 e. The summed E-state index contributed by atoms with van der Waals surface area (Å²) in [6, 6.07) is 18.4. The molecule has 0 nitrogen and oxygen atoms in total. The van der Waals surface area contributed by atoms with Crippen molar-refractivity contribution in [2.75, 3.05) is 12.5 Å². The third-order valence-corrected chi connectivity index (χ3v) is 16.2. The van der Waals surface area contributed by atoms with Crippen LogP contribution in [0.4, 0.5) is 0 Å². The summed E-state index contributed by atoms with van der Waals surface area (Å²) in [4.78, 5) is 0. The van der Waals surface area contributed by atoms with E-state index in [2.05, 4.69) is 61.0 Å². The van der Waals surface area contributed by atoms with Gasteiger partial charge in [-0.05, 0) is 41.2 Å². The molecule has 5 aliphatic heterocycles. The van der Waals surface area contributed by atoms with Gasteiger partial charge in [0.25, 0.3) is 0 Å². The second kappa shape index (κ2) is 10.8. The van der Waals surface area contributed by atoms with Crippen LogP contribution in [0, 0.1) is 0 Å². The van der Waals surface area contributed by atoms with Crippen LogP contribution >= 0.6 is 94.1 Å². The molecule has 0 saturated heterocycles. The van der Waals surface area contributed by atoms with Crippen LogP contribution in [-0.4, -0.2) is 12.5 Å². The first-order valence-electron chi connectivity index (χ1n) is 9.65. The zero-order valence-electron chi connectivity index (χ0n) is 17.0. The molecule has 0 radical (unpaired) electrons. The zero-order chi connectivity index (χ0) is 21.2. The molecule has 5 heterocycles. The van der Waals surface area contributed by atoms with Crippen LogP contribution in [0.15, 0.2) is 74.0 Å². The predicted molar refractivity (Wildman–Crippen MR) is 157 cm³/mol. The number of hydrogen-bond donors (Lipinski definition) is 0. The minimum absolute atomic E-state index is 1.00. The Hall–Kier alpha value is 0.460. The van der Waals surface area contributed by atoms with Crippen molar-refractivity contribution in [3.05, 3.63) is 96.2 Å². The second-order valence-electron chi connectivity index (χ2n) is 6.93. The molecule has 31 heavy (non-hydrogen) atoms. The average Bonchev–Trinajstić information content (AvgIpc) is 3.41. The smallest absolute Gasteiger partial charge is 0.0717 e. The molecule has 8 bridgehead atoms. The van der Waals surface area contributed by atoms with Crippen LogP contribution in [0.25, 0.3) is 0 Å². The molecule has 0 unspecified atom stereocenters. The van der Waals surface area contributed by atoms with E-state index in [-0.39, 0.29) is 0 Å². The largest absolute Gasteiger partial charge is 0.121 e. The summed E-state index contributed by atoms with van der Waals surface area (Å²) in [5.41, 5.74) is 5.57. The lowest BCUT2D eigenvalue weighted by atomic mass is 10.0. The van der Waals surface area contributed by atoms with Gasteiger partial charge in [0.1, 0.15) is 0 Å². The lowest BCUT2D eigenvalue weighted by Gasteiger charge is -2.07. The van der Waals surface area contributed by atoms with Gasteiger partial charge in [0.15, 0.2) is 0 Å². The van der Waals surface area contributed by atoms with Gasteiger partial charge in [0.05, 0.1) is 25.4 Å². The van der Waals surface area contributed by atoms with E-state index in [9.17, 15) is 0 Å². The number of hydrogen-bond acceptors (Lipinski definition) is 8. The van der Waals surface area contributed by atoms with Crippen LogP contribution in [-0.2, 0) is 17.9 Å². The van der Waals surface area contributed by atoms with E-state index in [1.165, 1.54) is 47.7 Å². The van der Waals surface area contributed by atoms with E-state index in [1.54, 1.807) is 0 Å². The summed E-state index contributed by atoms with van der Waals surface area (Å²) in [6.07, 6.45) is 5.41. The minimum atomic E-state index is 1.00. The number of fused-ring (bicyclic) bond motifs is 2. The van der Waals surface area contributed by atoms with E-state index >= 15 is 0 Å². The van der Waals surface area contributed by atoms with Crippen LogP contribution in [0.3, 0.4) is 0 Å². The molecule has 8 heteroatoms. The summed E-state index contributed by atoms with van der Waals surface area (Å²) >= 11 is 15.6. The quantitative estimate of drug-likeness (QED) is 0.356. The van der Waals surface area contributed by atoms with Gasteiger partial charge in [0, 0.05) is 11.5 Å². The second-order valence-corrected chi connectivity index (χ2v) is 16.2. The van der Waals surface area contributed by atoms with Crippen molar-refractivity contribution in [2.45, 2.75) is 17.9 Å². The topological polar surface area (TPSA) is 0 Å². The highest BCUT2D eigenvalue weighted by molar-refractivity contribution is 8.44. The van der Waals surface area contributed by atoms with E-state index in [0.717, 1.165) is 17.9 Å². The SMILES string of the molecule is CSC1=C2SCc3ccc(cc3)Cc3ccc(cc3)CSC3=C(SC)SC(=C(S1)S2)S3. The molecule has 160 valence electrons. The maximum absolute atomic E-state index is 2.30. The van der Waals surface area contributed by atoms with E-state index in [0.29, 0.717) is 0 Å². The molecular weight excluding hydrogens is 533 g/mol. The molecule has 2 aromatic rings. The maximum atomic E-state index is 2.30. The minimum Gasteiger partial charge on any atom is -0.121 e. The number of thioether (sulfide) groups is 8. The Bertz CT molecular complexity index is 978. The van der Waals surface area contributed by atoms with Crippen LogP contribution in [0.5, 0.6) is 0 Å². The summed E-state index contributed by atoms with van der Waals surface area (Å²) in [7, 11) is 0. The molecule has 0 fully saturated rings. The molecule has 0 saturated carbocycles. The van der Waals surface area contributed by atoms with Crippen LogP contribution in [0.2, 0.25) is 0 Å². The van der Waals surface area contributed by atoms with Crippen molar-refractivity contribution in [3.8, 4) is 0 Å². The number of rotatable bonds is 2. The van der Waals surface area contributed by atoms with Gasteiger partial charge in [-0.2, -0.15) is 0 Å². The standard InChI is InChI=1S/C23H20S8/c1-24-18-20-26-12-16-7-3-14(4-8-16)11-15-5-9-17(10-6-15)13-27-21-19(25-2)29-23(31-21)22(28-18)30-20/h3-10H,11-13H2,1-2H3. The fourth-order valence-corrected chi connectivity index (χ4v) is 14.2. The average molecular weight is 553 g/mol. The predicted octanol–water partition coefficient (Wildman–Crippen LogP) is 9.82. The molecule has 0 aromatic heterocycles. The Balaban J connectivity index is 1.46. The van der Waals surface area contributed by atoms with E-state index in [1.807, 2.05) is 94.1 Å². The monoisotopic (exact) mass is 552 g/mol. The highest BCUT2D eigenvalue weighted by Gasteiger charge is 2.30. The first-order chi connectivity index (χ1) is 15.2. The van der Waals surface area contributed by atoms with Crippen molar-refractivity contribution in [3.63, 3.8) is 0 Å². The summed E-state index contributed by atoms with van der Waals surface area (Å²) in [6.45, 7) is 0. The molecule has 2 aromatic carbocycles. The highest BCUT2D eigenvalue weighted by atomic mass is 32.3. The lowest BCUT2D eigenvalue weighted by molar-refractivity contribution is 1.18.